The van der Waals surface area contributed by atoms with E-state index in [1.165, 1.54) is 0 Å². The molecule has 0 amide bonds. The number of hydrogen-bond acceptors (Lipinski definition) is 8. The molecule has 0 spiro atoms. The maximum Gasteiger partial charge on any atom is 0.270 e. The van der Waals surface area contributed by atoms with Crippen molar-refractivity contribution < 1.29 is 13.0 Å². The molecule has 0 fully saturated rings. The predicted octanol–water partition coefficient (Wildman–Crippen LogP) is 4.02. The summed E-state index contributed by atoms with van der Waals surface area (Å²) in [6.07, 6.45) is 1.57. The van der Waals surface area contributed by atoms with Gasteiger partial charge in [-0.2, -0.15) is 0 Å². The fourth-order valence-corrected chi connectivity index (χ4v) is 4.18. The molecular weight excluding hydrogens is 455 g/mol. The number of nitrogens with two attached hydrogens (primary N) is 1. The van der Waals surface area contributed by atoms with Crippen LogP contribution in [-0.2, 0) is 17.3 Å². The highest BCUT2D eigenvalue weighted by Gasteiger charge is 2.17. The summed E-state index contributed by atoms with van der Waals surface area (Å²) >= 11 is 0. The minimum Gasteiger partial charge on any atom is -0.414 e. The molecule has 0 saturated heterocycles. The van der Waals surface area contributed by atoms with E-state index in [2.05, 4.69) is 25.5 Å². The highest BCUT2D eigenvalue weighted by Crippen LogP contribution is 2.28. The molecule has 8 nitrogen and oxygen atoms in total. The number of hydrogen-bond donors (Lipinski definition) is 2. The molecule has 0 aliphatic heterocycles. The van der Waals surface area contributed by atoms with Crippen LogP contribution in [0.1, 0.15) is 19.4 Å². The summed E-state index contributed by atoms with van der Waals surface area (Å²) in [5, 5.41) is 11.3. The number of alkyl halides is 1. The van der Waals surface area contributed by atoms with E-state index in [1.54, 1.807) is 6.20 Å². The molecule has 1 unspecified atom stereocenters. The second-order valence-electron chi connectivity index (χ2n) is 7.83. The summed E-state index contributed by atoms with van der Waals surface area (Å²) < 4.78 is 30.4. The van der Waals surface area contributed by atoms with Crippen LogP contribution >= 0.6 is 0 Å². The zero-order valence-electron chi connectivity index (χ0n) is 18.9. The lowest BCUT2D eigenvalue weighted by molar-refractivity contribution is 0.467. The molecule has 2 aromatic heterocycles. The largest absolute Gasteiger partial charge is 0.414 e. The lowest BCUT2D eigenvalue weighted by Crippen LogP contribution is -2.15. The highest BCUT2D eigenvalue weighted by atomic mass is 32.2. The van der Waals surface area contributed by atoms with E-state index in [0.717, 1.165) is 21.6 Å². The van der Waals surface area contributed by atoms with Gasteiger partial charge in [0.2, 0.25) is 5.89 Å². The van der Waals surface area contributed by atoms with Gasteiger partial charge in [-0.3, -0.25) is 4.21 Å². The van der Waals surface area contributed by atoms with Gasteiger partial charge in [-0.25, -0.2) is 14.4 Å². The number of benzene rings is 2. The Labute approximate surface area is 199 Å². The van der Waals surface area contributed by atoms with Crippen molar-refractivity contribution in [2.75, 3.05) is 19.0 Å². The topological polar surface area (TPSA) is 120 Å². The minimum absolute atomic E-state index is 0.0368. The lowest BCUT2D eigenvalue weighted by Gasteiger charge is -2.07. The van der Waals surface area contributed by atoms with Crippen LogP contribution in [0.3, 0.4) is 0 Å². The zero-order chi connectivity index (χ0) is 24.1. The van der Waals surface area contributed by atoms with E-state index in [1.807, 2.05) is 62.4 Å². The molecular formula is C24H25FN6O2S. The van der Waals surface area contributed by atoms with Gasteiger partial charge in [-0.15, -0.1) is 10.2 Å². The molecule has 2 heterocycles. The summed E-state index contributed by atoms with van der Waals surface area (Å²) in [6, 6.07) is 14.9. The van der Waals surface area contributed by atoms with Gasteiger partial charge in [0.15, 0.2) is 11.5 Å². The lowest BCUT2D eigenvalue weighted by atomic mass is 10.1. The Hall–Kier alpha value is -3.50. The van der Waals surface area contributed by atoms with E-state index in [-0.39, 0.29) is 22.7 Å². The quantitative estimate of drug-likeness (QED) is 0.345. The van der Waals surface area contributed by atoms with Gasteiger partial charge in [0, 0.05) is 34.4 Å². The molecule has 1 atom stereocenters. The summed E-state index contributed by atoms with van der Waals surface area (Å²) in [4.78, 5) is 9.58. The Morgan fingerprint density at radius 2 is 1.71 bits per heavy atom. The van der Waals surface area contributed by atoms with Crippen molar-refractivity contribution in [3.63, 3.8) is 0 Å². The summed E-state index contributed by atoms with van der Waals surface area (Å²) in [5.41, 5.74) is 9.47. The second kappa shape index (κ2) is 10.6. The number of aromatic nitrogens is 4. The number of anilines is 1. The third kappa shape index (κ3) is 5.35. The van der Waals surface area contributed by atoms with Gasteiger partial charge in [-0.05, 0) is 29.8 Å². The van der Waals surface area contributed by atoms with Crippen LogP contribution in [0.15, 0.2) is 64.0 Å². The molecule has 4 rings (SSSR count). The van der Waals surface area contributed by atoms with E-state index < -0.39 is 17.5 Å². The second-order valence-corrected chi connectivity index (χ2v) is 9.84. The van der Waals surface area contributed by atoms with Gasteiger partial charge < -0.3 is 15.5 Å². The molecule has 10 heteroatoms. The first-order valence-electron chi connectivity index (χ1n) is 10.8. The van der Waals surface area contributed by atoms with Crippen LogP contribution in [-0.4, -0.2) is 42.8 Å². The van der Waals surface area contributed by atoms with Gasteiger partial charge in [-0.1, -0.05) is 38.1 Å². The normalized spacial score (nSPS) is 12.2. The number of nitrogens with zero attached hydrogens (tertiary/aromatic N) is 4. The maximum atomic E-state index is 12.3. The number of halogens is 1. The van der Waals surface area contributed by atoms with Crippen molar-refractivity contribution in [3.05, 3.63) is 60.3 Å². The SMILES string of the molecule is CC(C)S(=O)c1ccc(-c2cnc(N)c(-c3nnc(-c4ccc(CNCCF)cc4)o3)n2)cc1. The van der Waals surface area contributed by atoms with E-state index in [4.69, 9.17) is 10.2 Å². The van der Waals surface area contributed by atoms with Crippen molar-refractivity contribution in [2.24, 2.45) is 0 Å². The molecule has 34 heavy (non-hydrogen) atoms. The molecule has 2 aromatic carbocycles. The Morgan fingerprint density at radius 1 is 1.03 bits per heavy atom. The molecule has 4 aromatic rings. The molecule has 0 bridgehead atoms. The van der Waals surface area contributed by atoms with Crippen molar-refractivity contribution in [1.29, 1.82) is 0 Å². The van der Waals surface area contributed by atoms with E-state index in [0.29, 0.717) is 24.7 Å². The van der Waals surface area contributed by atoms with Gasteiger partial charge in [0.1, 0.15) is 6.67 Å². The first kappa shape index (κ1) is 23.7. The summed E-state index contributed by atoms with van der Waals surface area (Å²) in [7, 11) is -1.06. The third-order valence-electron chi connectivity index (χ3n) is 5.04. The Kier molecular flexibility index (Phi) is 7.39. The number of rotatable bonds is 9. The van der Waals surface area contributed by atoms with Crippen molar-refractivity contribution >= 4 is 16.6 Å². The molecule has 0 radical (unpaired) electrons. The van der Waals surface area contributed by atoms with Crippen LogP contribution < -0.4 is 11.1 Å². The molecule has 0 aliphatic carbocycles. The van der Waals surface area contributed by atoms with Gasteiger partial charge in [0.25, 0.3) is 5.89 Å². The molecule has 0 aliphatic rings. The van der Waals surface area contributed by atoms with Crippen molar-refractivity contribution in [1.82, 2.24) is 25.5 Å². The minimum atomic E-state index is -1.06. The van der Waals surface area contributed by atoms with Gasteiger partial charge >= 0.3 is 0 Å². The Bertz CT molecular complexity index is 1280. The van der Waals surface area contributed by atoms with Crippen molar-refractivity contribution in [2.45, 2.75) is 30.5 Å². The summed E-state index contributed by atoms with van der Waals surface area (Å²) in [6.45, 7) is 4.33. The fraction of sp³-hybridized carbons (Fsp3) is 0.250. The standard InChI is InChI=1S/C24H25FN6O2S/c1-15(2)34(32)19-9-7-17(8-10-19)20-14-28-22(26)21(29-20)24-31-30-23(33-24)18-5-3-16(4-6-18)13-27-12-11-25/h3-10,14-15,27H,11-13H2,1-2H3,(H2,26,28). The van der Waals surface area contributed by atoms with E-state index in [9.17, 15) is 8.60 Å². The number of nitrogen functional groups attached to an aromatic ring is 1. The molecule has 0 saturated carbocycles. The van der Waals surface area contributed by atoms with Crippen LogP contribution in [0.4, 0.5) is 10.2 Å². The van der Waals surface area contributed by atoms with Gasteiger partial charge in [0.05, 0.1) is 22.7 Å². The van der Waals surface area contributed by atoms with Crippen LogP contribution in [0, 0.1) is 0 Å². The van der Waals surface area contributed by atoms with E-state index >= 15 is 0 Å². The Balaban J connectivity index is 1.55. The zero-order valence-corrected chi connectivity index (χ0v) is 19.7. The molecule has 176 valence electrons. The first-order valence-corrected chi connectivity index (χ1v) is 12.0. The fourth-order valence-electron chi connectivity index (χ4n) is 3.23. The van der Waals surface area contributed by atoms with Crippen LogP contribution in [0.2, 0.25) is 0 Å². The molecule has 3 N–H and O–H groups in total. The third-order valence-corrected chi connectivity index (χ3v) is 6.63. The Morgan fingerprint density at radius 3 is 2.38 bits per heavy atom. The maximum absolute atomic E-state index is 12.3. The van der Waals surface area contributed by atoms with Crippen molar-refractivity contribution in [3.8, 4) is 34.3 Å². The smallest absolute Gasteiger partial charge is 0.270 e. The first-order chi connectivity index (χ1) is 16.5. The average Bonchev–Trinajstić information content (AvgIpc) is 3.34. The predicted molar refractivity (Wildman–Crippen MR) is 130 cm³/mol. The highest BCUT2D eigenvalue weighted by molar-refractivity contribution is 7.85. The van der Waals surface area contributed by atoms with Crippen LogP contribution in [0.5, 0.6) is 0 Å². The number of nitrogens with one attached hydrogen (secondary N) is 1. The summed E-state index contributed by atoms with van der Waals surface area (Å²) in [5.74, 6) is 0.657. The monoisotopic (exact) mass is 480 g/mol. The van der Waals surface area contributed by atoms with Crippen LogP contribution in [0.25, 0.3) is 34.3 Å². The average molecular weight is 481 g/mol.